The summed E-state index contributed by atoms with van der Waals surface area (Å²) in [7, 11) is 0. The highest BCUT2D eigenvalue weighted by atomic mass is 16.1. The molecule has 0 unspecified atom stereocenters. The zero-order chi connectivity index (χ0) is 9.54. The number of nitrogens with one attached hydrogen (secondary N) is 2. The quantitative estimate of drug-likeness (QED) is 0.545. The van der Waals surface area contributed by atoms with Crippen molar-refractivity contribution in [2.24, 2.45) is 0 Å². The Morgan fingerprint density at radius 3 is 1.93 bits per heavy atom. The molecular weight excluding hydrogens is 180 g/mol. The zero-order valence-corrected chi connectivity index (χ0v) is 7.11. The van der Waals surface area contributed by atoms with Crippen LogP contribution in [-0.4, -0.2) is 19.9 Å². The molecule has 3 aromatic rings. The minimum absolute atomic E-state index is 0.213. The SMILES string of the molecule is O=c1[nH]c2cc3nccnc3cc2[nH]1. The monoisotopic (exact) mass is 186 g/mol. The van der Waals surface area contributed by atoms with E-state index in [0.29, 0.717) is 0 Å². The Labute approximate surface area is 77.8 Å². The second kappa shape index (κ2) is 2.41. The third-order valence-electron chi connectivity index (χ3n) is 2.11. The first kappa shape index (κ1) is 7.25. The van der Waals surface area contributed by atoms with Gasteiger partial charge in [0.1, 0.15) is 0 Å². The van der Waals surface area contributed by atoms with E-state index < -0.39 is 0 Å². The van der Waals surface area contributed by atoms with Crippen molar-refractivity contribution in [3.63, 3.8) is 0 Å². The van der Waals surface area contributed by atoms with Gasteiger partial charge in [-0.3, -0.25) is 9.97 Å². The van der Waals surface area contributed by atoms with Gasteiger partial charge in [-0.05, 0) is 12.1 Å². The third kappa shape index (κ3) is 0.922. The first-order chi connectivity index (χ1) is 6.83. The lowest BCUT2D eigenvalue weighted by atomic mass is 10.2. The van der Waals surface area contributed by atoms with E-state index in [1.165, 1.54) is 0 Å². The molecule has 0 atom stereocenters. The summed E-state index contributed by atoms with van der Waals surface area (Å²) in [4.78, 5) is 24.6. The second-order valence-corrected chi connectivity index (χ2v) is 3.02. The first-order valence-corrected chi connectivity index (χ1v) is 4.16. The average Bonchev–Trinajstić information content (AvgIpc) is 2.53. The van der Waals surface area contributed by atoms with Crippen LogP contribution >= 0.6 is 0 Å². The first-order valence-electron chi connectivity index (χ1n) is 4.16. The highest BCUT2D eigenvalue weighted by molar-refractivity contribution is 5.90. The molecule has 68 valence electrons. The summed E-state index contributed by atoms with van der Waals surface area (Å²) in [5.74, 6) is 0. The van der Waals surface area contributed by atoms with Crippen molar-refractivity contribution in [2.75, 3.05) is 0 Å². The molecule has 0 aliphatic heterocycles. The van der Waals surface area contributed by atoms with Gasteiger partial charge in [-0.25, -0.2) is 4.79 Å². The highest BCUT2D eigenvalue weighted by Gasteiger charge is 2.01. The van der Waals surface area contributed by atoms with Gasteiger partial charge in [0.2, 0.25) is 0 Å². The summed E-state index contributed by atoms with van der Waals surface area (Å²) in [5.41, 5.74) is 2.84. The molecule has 2 heterocycles. The predicted molar refractivity (Wildman–Crippen MR) is 52.0 cm³/mol. The van der Waals surface area contributed by atoms with Crippen molar-refractivity contribution in [3.05, 3.63) is 35.0 Å². The Kier molecular flexibility index (Phi) is 1.25. The van der Waals surface area contributed by atoms with Crippen molar-refractivity contribution in [3.8, 4) is 0 Å². The average molecular weight is 186 g/mol. The third-order valence-corrected chi connectivity index (χ3v) is 2.11. The van der Waals surface area contributed by atoms with E-state index in [-0.39, 0.29) is 5.69 Å². The van der Waals surface area contributed by atoms with Crippen molar-refractivity contribution >= 4 is 22.1 Å². The lowest BCUT2D eigenvalue weighted by molar-refractivity contribution is 1.22. The van der Waals surface area contributed by atoms with Crippen LogP contribution in [0.5, 0.6) is 0 Å². The smallest absolute Gasteiger partial charge is 0.306 e. The van der Waals surface area contributed by atoms with Crippen molar-refractivity contribution in [1.82, 2.24) is 19.9 Å². The van der Waals surface area contributed by atoms with Crippen LogP contribution in [-0.2, 0) is 0 Å². The lowest BCUT2D eigenvalue weighted by Gasteiger charge is -1.94. The fourth-order valence-corrected chi connectivity index (χ4v) is 1.49. The topological polar surface area (TPSA) is 74.4 Å². The maximum Gasteiger partial charge on any atom is 0.323 e. The van der Waals surface area contributed by atoms with Gasteiger partial charge in [-0.1, -0.05) is 0 Å². The Bertz CT molecular complexity index is 611. The molecule has 14 heavy (non-hydrogen) atoms. The summed E-state index contributed by atoms with van der Waals surface area (Å²) in [5, 5.41) is 0. The normalized spacial score (nSPS) is 11.1. The number of H-pyrrole nitrogens is 2. The van der Waals surface area contributed by atoms with E-state index in [9.17, 15) is 4.79 Å². The number of nitrogens with zero attached hydrogens (tertiary/aromatic N) is 2. The van der Waals surface area contributed by atoms with Gasteiger partial charge in [0, 0.05) is 12.4 Å². The number of fused-ring (bicyclic) bond motifs is 2. The molecular formula is C9H6N4O. The number of hydrogen-bond donors (Lipinski definition) is 2. The van der Waals surface area contributed by atoms with Crippen LogP contribution in [0.15, 0.2) is 29.3 Å². The van der Waals surface area contributed by atoms with E-state index in [2.05, 4.69) is 19.9 Å². The van der Waals surface area contributed by atoms with Gasteiger partial charge in [0.05, 0.1) is 22.1 Å². The number of imidazole rings is 1. The molecule has 0 aliphatic rings. The van der Waals surface area contributed by atoms with E-state index in [1.54, 1.807) is 24.5 Å². The predicted octanol–water partition coefficient (Wildman–Crippen LogP) is 0.799. The molecule has 0 saturated heterocycles. The molecule has 0 spiro atoms. The Morgan fingerprint density at radius 1 is 0.929 bits per heavy atom. The number of aromatic nitrogens is 4. The van der Waals surface area contributed by atoms with Crippen molar-refractivity contribution in [2.45, 2.75) is 0 Å². The lowest BCUT2D eigenvalue weighted by Crippen LogP contribution is -1.99. The molecule has 2 aromatic heterocycles. The van der Waals surface area contributed by atoms with Crippen LogP contribution in [0.4, 0.5) is 0 Å². The summed E-state index contributed by atoms with van der Waals surface area (Å²) in [6, 6.07) is 3.60. The van der Waals surface area contributed by atoms with Crippen LogP contribution in [0.25, 0.3) is 22.1 Å². The molecule has 3 rings (SSSR count). The van der Waals surface area contributed by atoms with E-state index >= 15 is 0 Å². The van der Waals surface area contributed by atoms with Gasteiger partial charge in [-0.15, -0.1) is 0 Å². The maximum absolute atomic E-state index is 11.0. The second-order valence-electron chi connectivity index (χ2n) is 3.02. The van der Waals surface area contributed by atoms with Gasteiger partial charge >= 0.3 is 5.69 Å². The number of benzene rings is 1. The van der Waals surface area contributed by atoms with Gasteiger partial charge in [0.15, 0.2) is 0 Å². The Hall–Kier alpha value is -2.17. The molecule has 1 aromatic carbocycles. The van der Waals surface area contributed by atoms with Crippen LogP contribution < -0.4 is 5.69 Å². The van der Waals surface area contributed by atoms with Crippen LogP contribution in [0.2, 0.25) is 0 Å². The minimum Gasteiger partial charge on any atom is -0.306 e. The summed E-state index contributed by atoms with van der Waals surface area (Å²) in [6.45, 7) is 0. The van der Waals surface area contributed by atoms with Crippen molar-refractivity contribution < 1.29 is 0 Å². The molecule has 0 radical (unpaired) electrons. The summed E-state index contributed by atoms with van der Waals surface area (Å²) >= 11 is 0. The molecule has 0 aliphatic carbocycles. The molecule has 0 saturated carbocycles. The largest absolute Gasteiger partial charge is 0.323 e. The van der Waals surface area contributed by atoms with E-state index in [1.807, 2.05) is 0 Å². The fourth-order valence-electron chi connectivity index (χ4n) is 1.49. The van der Waals surface area contributed by atoms with Gasteiger partial charge in [0.25, 0.3) is 0 Å². The molecule has 0 fully saturated rings. The Balaban J connectivity index is 2.57. The molecule has 5 nitrogen and oxygen atoms in total. The fraction of sp³-hybridized carbons (Fsp3) is 0. The molecule has 0 amide bonds. The zero-order valence-electron chi connectivity index (χ0n) is 7.11. The van der Waals surface area contributed by atoms with E-state index in [0.717, 1.165) is 22.1 Å². The van der Waals surface area contributed by atoms with Crippen molar-refractivity contribution in [1.29, 1.82) is 0 Å². The minimum atomic E-state index is -0.213. The summed E-state index contributed by atoms with van der Waals surface area (Å²) in [6.07, 6.45) is 3.25. The number of rotatable bonds is 0. The Morgan fingerprint density at radius 2 is 1.43 bits per heavy atom. The van der Waals surface area contributed by atoms with Gasteiger partial charge < -0.3 is 9.97 Å². The molecule has 5 heteroatoms. The number of hydrogen-bond acceptors (Lipinski definition) is 3. The maximum atomic E-state index is 11.0. The molecule has 2 N–H and O–H groups in total. The highest BCUT2D eigenvalue weighted by Crippen LogP contribution is 2.14. The van der Waals surface area contributed by atoms with E-state index in [4.69, 9.17) is 0 Å². The van der Waals surface area contributed by atoms with Crippen LogP contribution in [0, 0.1) is 0 Å². The number of aromatic amines is 2. The van der Waals surface area contributed by atoms with Crippen LogP contribution in [0.1, 0.15) is 0 Å². The molecule has 0 bridgehead atoms. The standard InChI is InChI=1S/C9H6N4O/c14-9-12-7-3-5-6(4-8(7)13-9)11-2-1-10-5/h1-4H,(H2,12,13,14). The van der Waals surface area contributed by atoms with Crippen LogP contribution in [0.3, 0.4) is 0 Å². The summed E-state index contributed by atoms with van der Waals surface area (Å²) < 4.78 is 0. The van der Waals surface area contributed by atoms with Gasteiger partial charge in [-0.2, -0.15) is 0 Å².